The Bertz CT molecular complexity index is 155. The fourth-order valence-corrected chi connectivity index (χ4v) is 1.42. The Morgan fingerprint density at radius 1 is 1.27 bits per heavy atom. The molecule has 1 N–H and O–H groups in total. The minimum atomic E-state index is -0.701. The molecule has 0 saturated carbocycles. The van der Waals surface area contributed by atoms with E-state index in [9.17, 15) is 5.11 Å². The van der Waals surface area contributed by atoms with Crippen molar-refractivity contribution in [3.05, 3.63) is 0 Å². The van der Waals surface area contributed by atoms with Gasteiger partial charge >= 0.3 is 0 Å². The Hall–Kier alpha value is -0.480. The second-order valence-electron chi connectivity index (χ2n) is 4.62. The summed E-state index contributed by atoms with van der Waals surface area (Å²) in [4.78, 5) is 0. The average molecular weight is 154 g/mol. The van der Waals surface area contributed by atoms with E-state index in [4.69, 9.17) is 6.42 Å². The van der Waals surface area contributed by atoms with E-state index in [1.165, 1.54) is 0 Å². The van der Waals surface area contributed by atoms with E-state index >= 15 is 0 Å². The summed E-state index contributed by atoms with van der Waals surface area (Å²) in [6.07, 6.45) is 6.30. The van der Waals surface area contributed by atoms with Crippen LogP contribution < -0.4 is 0 Å². The van der Waals surface area contributed by atoms with Crippen molar-refractivity contribution in [3.63, 3.8) is 0 Å². The van der Waals surface area contributed by atoms with Gasteiger partial charge in [0, 0.05) is 6.42 Å². The van der Waals surface area contributed by atoms with Crippen molar-refractivity contribution < 1.29 is 5.11 Å². The predicted molar refractivity (Wildman–Crippen MR) is 48.1 cm³/mol. The van der Waals surface area contributed by atoms with Crippen LogP contribution in [-0.2, 0) is 0 Å². The van der Waals surface area contributed by atoms with E-state index in [0.717, 1.165) is 6.42 Å². The minimum absolute atomic E-state index is 0.139. The molecule has 0 amide bonds. The fourth-order valence-electron chi connectivity index (χ4n) is 1.42. The van der Waals surface area contributed by atoms with Crippen LogP contribution in [0.1, 0.15) is 40.5 Å². The van der Waals surface area contributed by atoms with Crippen LogP contribution in [0.5, 0.6) is 0 Å². The standard InChI is InChI=1S/C10H18O/c1-6-7-10(5,11)8-9(2,3)4/h1,11H,7-8H2,2-5H3/t10-/m1/s1. The van der Waals surface area contributed by atoms with Crippen molar-refractivity contribution in [1.29, 1.82) is 0 Å². The van der Waals surface area contributed by atoms with Gasteiger partial charge in [0.1, 0.15) is 0 Å². The zero-order valence-corrected chi connectivity index (χ0v) is 7.94. The normalized spacial score (nSPS) is 17.1. The largest absolute Gasteiger partial charge is 0.389 e. The SMILES string of the molecule is C#CC[C@@](C)(O)CC(C)(C)C. The van der Waals surface area contributed by atoms with Gasteiger partial charge in [0.15, 0.2) is 0 Å². The molecule has 1 heteroatoms. The molecule has 64 valence electrons. The summed E-state index contributed by atoms with van der Waals surface area (Å²) >= 11 is 0. The molecule has 11 heavy (non-hydrogen) atoms. The Morgan fingerprint density at radius 2 is 1.73 bits per heavy atom. The average Bonchev–Trinajstić information content (AvgIpc) is 1.55. The molecule has 0 rings (SSSR count). The van der Waals surface area contributed by atoms with Gasteiger partial charge in [0.25, 0.3) is 0 Å². The predicted octanol–water partition coefficient (Wildman–Crippen LogP) is 2.20. The van der Waals surface area contributed by atoms with Crippen molar-refractivity contribution in [3.8, 4) is 12.3 Å². The third-order valence-corrected chi connectivity index (χ3v) is 1.39. The highest BCUT2D eigenvalue weighted by molar-refractivity contribution is 4.94. The van der Waals surface area contributed by atoms with Crippen molar-refractivity contribution >= 4 is 0 Å². The second-order valence-corrected chi connectivity index (χ2v) is 4.62. The van der Waals surface area contributed by atoms with Crippen LogP contribution in [0.4, 0.5) is 0 Å². The van der Waals surface area contributed by atoms with Gasteiger partial charge in [-0.15, -0.1) is 12.3 Å². The molecule has 0 unspecified atom stereocenters. The van der Waals surface area contributed by atoms with Gasteiger partial charge in [0.05, 0.1) is 5.60 Å². The first kappa shape index (κ1) is 10.5. The van der Waals surface area contributed by atoms with E-state index in [1.807, 2.05) is 0 Å². The van der Waals surface area contributed by atoms with Crippen LogP contribution in [0, 0.1) is 17.8 Å². The molecule has 0 aliphatic carbocycles. The fraction of sp³-hybridized carbons (Fsp3) is 0.800. The summed E-state index contributed by atoms with van der Waals surface area (Å²) in [5.41, 5.74) is -0.562. The van der Waals surface area contributed by atoms with Crippen LogP contribution in [-0.4, -0.2) is 10.7 Å². The number of hydrogen-bond acceptors (Lipinski definition) is 1. The summed E-state index contributed by atoms with van der Waals surface area (Å²) in [5.74, 6) is 2.48. The molecule has 0 fully saturated rings. The third kappa shape index (κ3) is 5.94. The Balaban J connectivity index is 4.04. The van der Waals surface area contributed by atoms with Gasteiger partial charge in [-0.25, -0.2) is 0 Å². The Kier molecular flexibility index (Phi) is 3.13. The van der Waals surface area contributed by atoms with E-state index < -0.39 is 5.60 Å². The van der Waals surface area contributed by atoms with Gasteiger partial charge in [-0.1, -0.05) is 20.8 Å². The summed E-state index contributed by atoms with van der Waals surface area (Å²) in [6.45, 7) is 8.08. The lowest BCUT2D eigenvalue weighted by Crippen LogP contribution is -2.29. The molecule has 0 aromatic heterocycles. The minimum Gasteiger partial charge on any atom is -0.389 e. The van der Waals surface area contributed by atoms with Crippen LogP contribution in [0.25, 0.3) is 0 Å². The third-order valence-electron chi connectivity index (χ3n) is 1.39. The lowest BCUT2D eigenvalue weighted by atomic mass is 9.81. The lowest BCUT2D eigenvalue weighted by Gasteiger charge is -2.29. The summed E-state index contributed by atoms with van der Waals surface area (Å²) < 4.78 is 0. The van der Waals surface area contributed by atoms with Gasteiger partial charge in [-0.2, -0.15) is 0 Å². The topological polar surface area (TPSA) is 20.2 Å². The van der Waals surface area contributed by atoms with Crippen molar-refractivity contribution in [2.24, 2.45) is 5.41 Å². The molecule has 0 saturated heterocycles. The molecule has 0 bridgehead atoms. The number of rotatable bonds is 2. The molecular weight excluding hydrogens is 136 g/mol. The van der Waals surface area contributed by atoms with Gasteiger partial charge in [-0.3, -0.25) is 0 Å². The van der Waals surface area contributed by atoms with E-state index in [1.54, 1.807) is 6.92 Å². The maximum absolute atomic E-state index is 9.71. The molecule has 1 atom stereocenters. The van der Waals surface area contributed by atoms with Crippen LogP contribution in [0.2, 0.25) is 0 Å². The molecule has 0 heterocycles. The molecular formula is C10H18O. The molecule has 0 aromatic rings. The first-order valence-electron chi connectivity index (χ1n) is 3.93. The number of aliphatic hydroxyl groups is 1. The summed E-state index contributed by atoms with van der Waals surface area (Å²) in [6, 6.07) is 0. The van der Waals surface area contributed by atoms with Crippen LogP contribution in [0.15, 0.2) is 0 Å². The summed E-state index contributed by atoms with van der Waals surface area (Å²) in [5, 5.41) is 9.71. The highest BCUT2D eigenvalue weighted by Gasteiger charge is 2.26. The molecule has 0 spiro atoms. The number of terminal acetylenes is 1. The van der Waals surface area contributed by atoms with E-state index in [0.29, 0.717) is 6.42 Å². The first-order valence-corrected chi connectivity index (χ1v) is 3.93. The zero-order valence-electron chi connectivity index (χ0n) is 7.94. The van der Waals surface area contributed by atoms with Gasteiger partial charge < -0.3 is 5.11 Å². The Morgan fingerprint density at radius 3 is 2.00 bits per heavy atom. The van der Waals surface area contributed by atoms with Crippen LogP contribution >= 0.6 is 0 Å². The monoisotopic (exact) mass is 154 g/mol. The molecule has 0 aliphatic heterocycles. The second kappa shape index (κ2) is 3.28. The maximum atomic E-state index is 9.71. The first-order chi connectivity index (χ1) is 4.77. The molecule has 1 nitrogen and oxygen atoms in total. The zero-order chi connectivity index (χ0) is 9.12. The molecule has 0 aromatic carbocycles. The van der Waals surface area contributed by atoms with Crippen molar-refractivity contribution in [1.82, 2.24) is 0 Å². The number of hydrogen-bond donors (Lipinski definition) is 1. The highest BCUT2D eigenvalue weighted by Crippen LogP contribution is 2.28. The van der Waals surface area contributed by atoms with Crippen molar-refractivity contribution in [2.75, 3.05) is 0 Å². The maximum Gasteiger partial charge on any atom is 0.0733 e. The quantitative estimate of drug-likeness (QED) is 0.604. The van der Waals surface area contributed by atoms with Crippen molar-refractivity contribution in [2.45, 2.75) is 46.1 Å². The summed E-state index contributed by atoms with van der Waals surface area (Å²) in [7, 11) is 0. The molecule has 0 radical (unpaired) electrons. The highest BCUT2D eigenvalue weighted by atomic mass is 16.3. The van der Waals surface area contributed by atoms with Gasteiger partial charge in [0.2, 0.25) is 0 Å². The molecule has 0 aliphatic rings. The van der Waals surface area contributed by atoms with Gasteiger partial charge in [-0.05, 0) is 18.8 Å². The van der Waals surface area contributed by atoms with Crippen LogP contribution in [0.3, 0.4) is 0 Å². The van der Waals surface area contributed by atoms with E-state index in [2.05, 4.69) is 26.7 Å². The lowest BCUT2D eigenvalue weighted by molar-refractivity contribution is 0.0239. The van der Waals surface area contributed by atoms with E-state index in [-0.39, 0.29) is 5.41 Å². The Labute approximate surface area is 69.8 Å². The smallest absolute Gasteiger partial charge is 0.0733 e.